The van der Waals surface area contributed by atoms with Crippen LogP contribution in [0.5, 0.6) is 0 Å². The number of aryl methyl sites for hydroxylation is 2. The van der Waals surface area contributed by atoms with Crippen LogP contribution in [0.4, 0.5) is 0 Å². The van der Waals surface area contributed by atoms with Crippen molar-refractivity contribution in [1.82, 2.24) is 10.2 Å². The lowest BCUT2D eigenvalue weighted by atomic mass is 10.1. The second-order valence-electron chi connectivity index (χ2n) is 4.60. The zero-order valence-corrected chi connectivity index (χ0v) is 13.0. The van der Waals surface area contributed by atoms with Crippen molar-refractivity contribution in [3.8, 4) is 0 Å². The molecule has 18 heavy (non-hydrogen) atoms. The molecule has 0 saturated carbocycles. The van der Waals surface area contributed by atoms with Gasteiger partial charge in [0.2, 0.25) is 0 Å². The van der Waals surface area contributed by atoms with Crippen LogP contribution in [-0.4, -0.2) is 31.1 Å². The fraction of sp³-hybridized carbons (Fsp3) is 0.692. The zero-order valence-electron chi connectivity index (χ0n) is 11.4. The number of halogens is 2. The van der Waals surface area contributed by atoms with Gasteiger partial charge in [-0.1, -0.05) is 6.92 Å². The summed E-state index contributed by atoms with van der Waals surface area (Å²) in [5.41, 5.74) is 1.27. The van der Waals surface area contributed by atoms with E-state index in [1.807, 2.05) is 6.92 Å². The quantitative estimate of drug-likeness (QED) is 0.929. The Bertz CT molecular complexity index is 329. The first-order valence-corrected chi connectivity index (χ1v) is 6.24. The molecule has 0 bridgehead atoms. The summed E-state index contributed by atoms with van der Waals surface area (Å²) in [4.78, 5) is 2.52. The van der Waals surface area contributed by atoms with Gasteiger partial charge in [0.15, 0.2) is 0 Å². The van der Waals surface area contributed by atoms with E-state index in [0.717, 1.165) is 44.1 Å². The highest BCUT2D eigenvalue weighted by atomic mass is 35.5. The minimum atomic E-state index is 0. The molecule has 1 aliphatic heterocycles. The second kappa shape index (κ2) is 8.05. The van der Waals surface area contributed by atoms with E-state index in [1.54, 1.807) is 0 Å². The highest BCUT2D eigenvalue weighted by Crippen LogP contribution is 2.27. The lowest BCUT2D eigenvalue weighted by Gasteiger charge is -2.33. The molecule has 0 aromatic carbocycles. The number of hydrogen-bond donors (Lipinski definition) is 1. The molecule has 0 amide bonds. The number of hydrogen-bond acceptors (Lipinski definition) is 3. The predicted molar refractivity (Wildman–Crippen MR) is 80.2 cm³/mol. The molecule has 2 rings (SSSR count). The van der Waals surface area contributed by atoms with Crippen LogP contribution in [0.3, 0.4) is 0 Å². The van der Waals surface area contributed by atoms with Gasteiger partial charge < -0.3 is 9.73 Å². The monoisotopic (exact) mass is 294 g/mol. The Morgan fingerprint density at radius 2 is 1.89 bits per heavy atom. The molecule has 0 unspecified atom stereocenters. The molecule has 2 heterocycles. The number of rotatable bonds is 3. The van der Waals surface area contributed by atoms with E-state index < -0.39 is 0 Å². The van der Waals surface area contributed by atoms with E-state index in [2.05, 4.69) is 30.1 Å². The van der Waals surface area contributed by atoms with Crippen molar-refractivity contribution in [3.63, 3.8) is 0 Å². The third kappa shape index (κ3) is 3.89. The molecule has 0 spiro atoms. The molecule has 1 aromatic heterocycles. The summed E-state index contributed by atoms with van der Waals surface area (Å²) in [5.74, 6) is 2.20. The van der Waals surface area contributed by atoms with Crippen LogP contribution < -0.4 is 5.32 Å². The molecular weight excluding hydrogens is 271 g/mol. The smallest absolute Gasteiger partial charge is 0.121 e. The molecule has 1 N–H and O–H groups in total. The van der Waals surface area contributed by atoms with E-state index in [-0.39, 0.29) is 24.8 Å². The Morgan fingerprint density at radius 1 is 1.28 bits per heavy atom. The highest BCUT2D eigenvalue weighted by Gasteiger charge is 2.23. The summed E-state index contributed by atoms with van der Waals surface area (Å²) in [6.07, 6.45) is 1.12. The van der Waals surface area contributed by atoms with Crippen LogP contribution in [0.15, 0.2) is 10.5 Å². The molecule has 1 aliphatic rings. The first kappa shape index (κ1) is 17.8. The average Bonchev–Trinajstić information content (AvgIpc) is 2.61. The first-order valence-electron chi connectivity index (χ1n) is 6.24. The van der Waals surface area contributed by atoms with E-state index in [9.17, 15) is 0 Å². The van der Waals surface area contributed by atoms with Gasteiger partial charge in [-0.05, 0) is 31.9 Å². The highest BCUT2D eigenvalue weighted by molar-refractivity contribution is 5.85. The van der Waals surface area contributed by atoms with Crippen LogP contribution >= 0.6 is 24.8 Å². The second-order valence-corrected chi connectivity index (χ2v) is 4.60. The summed E-state index contributed by atoms with van der Waals surface area (Å²) < 4.78 is 5.86. The maximum atomic E-state index is 5.86. The fourth-order valence-corrected chi connectivity index (χ4v) is 2.40. The maximum Gasteiger partial charge on any atom is 0.121 e. The largest absolute Gasteiger partial charge is 0.464 e. The molecule has 1 saturated heterocycles. The minimum absolute atomic E-state index is 0. The molecule has 106 valence electrons. The number of nitrogens with zero attached hydrogens (tertiary/aromatic N) is 1. The average molecular weight is 295 g/mol. The van der Waals surface area contributed by atoms with Gasteiger partial charge in [-0.25, -0.2) is 0 Å². The van der Waals surface area contributed by atoms with Crippen LogP contribution in [-0.2, 0) is 0 Å². The molecule has 1 atom stereocenters. The van der Waals surface area contributed by atoms with Crippen molar-refractivity contribution in [2.24, 2.45) is 0 Å². The lowest BCUT2D eigenvalue weighted by Crippen LogP contribution is -2.44. The van der Waals surface area contributed by atoms with E-state index in [1.165, 1.54) is 5.56 Å². The fourth-order valence-electron chi connectivity index (χ4n) is 2.40. The molecule has 5 heteroatoms. The number of piperazine rings is 1. The van der Waals surface area contributed by atoms with Gasteiger partial charge in [0, 0.05) is 26.2 Å². The van der Waals surface area contributed by atoms with Gasteiger partial charge in [-0.3, -0.25) is 4.90 Å². The first-order chi connectivity index (χ1) is 7.72. The number of furan rings is 1. The van der Waals surface area contributed by atoms with Crippen LogP contribution in [0.2, 0.25) is 0 Å². The standard InChI is InChI=1S/C13H22N2O.2ClH/c1-4-12(15-7-5-14-6-8-15)13-9-10(2)11(3)16-13;;/h9,12,14H,4-8H2,1-3H3;2*1H/t12-;;/m1../s1. The van der Waals surface area contributed by atoms with Crippen LogP contribution in [0, 0.1) is 13.8 Å². The molecule has 3 nitrogen and oxygen atoms in total. The van der Waals surface area contributed by atoms with Crippen LogP contribution in [0.1, 0.15) is 36.5 Å². The summed E-state index contributed by atoms with van der Waals surface area (Å²) >= 11 is 0. The molecule has 1 aromatic rings. The van der Waals surface area contributed by atoms with Crippen molar-refractivity contribution < 1.29 is 4.42 Å². The summed E-state index contributed by atoms with van der Waals surface area (Å²) in [6, 6.07) is 2.65. The Kier molecular flexibility index (Phi) is 7.95. The van der Waals surface area contributed by atoms with E-state index in [0.29, 0.717) is 6.04 Å². The third-order valence-electron chi connectivity index (χ3n) is 3.49. The Morgan fingerprint density at radius 3 is 2.33 bits per heavy atom. The van der Waals surface area contributed by atoms with Gasteiger partial charge in [0.25, 0.3) is 0 Å². The Labute approximate surface area is 122 Å². The summed E-state index contributed by atoms with van der Waals surface area (Å²) in [6.45, 7) is 10.8. The van der Waals surface area contributed by atoms with Gasteiger partial charge in [-0.15, -0.1) is 24.8 Å². The molecule has 0 radical (unpaired) electrons. The van der Waals surface area contributed by atoms with Crippen molar-refractivity contribution in [3.05, 3.63) is 23.2 Å². The third-order valence-corrected chi connectivity index (χ3v) is 3.49. The maximum absolute atomic E-state index is 5.86. The minimum Gasteiger partial charge on any atom is -0.464 e. The lowest BCUT2D eigenvalue weighted by molar-refractivity contribution is 0.149. The van der Waals surface area contributed by atoms with Gasteiger partial charge in [0.1, 0.15) is 11.5 Å². The SMILES string of the molecule is CC[C@H](c1cc(C)c(C)o1)N1CCNCC1.Cl.Cl. The summed E-state index contributed by atoms with van der Waals surface area (Å²) in [7, 11) is 0. The van der Waals surface area contributed by atoms with Crippen molar-refractivity contribution >= 4 is 24.8 Å². The normalized spacial score (nSPS) is 17.7. The summed E-state index contributed by atoms with van der Waals surface area (Å²) in [5, 5.41) is 3.39. The van der Waals surface area contributed by atoms with Gasteiger partial charge in [0.05, 0.1) is 6.04 Å². The predicted octanol–water partition coefficient (Wildman–Crippen LogP) is 3.10. The van der Waals surface area contributed by atoms with Gasteiger partial charge >= 0.3 is 0 Å². The van der Waals surface area contributed by atoms with Crippen LogP contribution in [0.25, 0.3) is 0 Å². The zero-order chi connectivity index (χ0) is 11.5. The Balaban J connectivity index is 0.00000144. The van der Waals surface area contributed by atoms with Crippen molar-refractivity contribution in [2.75, 3.05) is 26.2 Å². The Hall–Kier alpha value is -0.220. The molecule has 1 fully saturated rings. The molecular formula is C13H24Cl2N2O. The topological polar surface area (TPSA) is 28.4 Å². The van der Waals surface area contributed by atoms with Crippen molar-refractivity contribution in [1.29, 1.82) is 0 Å². The van der Waals surface area contributed by atoms with Gasteiger partial charge in [-0.2, -0.15) is 0 Å². The van der Waals surface area contributed by atoms with E-state index in [4.69, 9.17) is 4.42 Å². The van der Waals surface area contributed by atoms with Crippen molar-refractivity contribution in [2.45, 2.75) is 33.2 Å². The molecule has 0 aliphatic carbocycles. The number of nitrogens with one attached hydrogen (secondary N) is 1. The van der Waals surface area contributed by atoms with E-state index >= 15 is 0 Å².